The molecule has 0 amide bonds. The second kappa shape index (κ2) is 9.68. The van der Waals surface area contributed by atoms with E-state index in [1.807, 2.05) is 0 Å². The van der Waals surface area contributed by atoms with E-state index in [1.54, 1.807) is 61.0 Å². The number of non-ortho nitro benzene ring substituents is 1. The van der Waals surface area contributed by atoms with Gasteiger partial charge in [0.05, 0.1) is 18.2 Å². The van der Waals surface area contributed by atoms with E-state index in [0.29, 0.717) is 39.3 Å². The average Bonchev–Trinajstić information content (AvgIpc) is 3.64. The number of aromatic amines is 1. The maximum atomic E-state index is 12.3. The van der Waals surface area contributed by atoms with Crippen molar-refractivity contribution < 1.29 is 23.3 Å². The van der Waals surface area contributed by atoms with E-state index in [0.717, 1.165) is 0 Å². The van der Waals surface area contributed by atoms with Crippen LogP contribution < -0.4 is 20.5 Å². The maximum absolute atomic E-state index is 12.3. The van der Waals surface area contributed by atoms with Gasteiger partial charge in [-0.25, -0.2) is 9.78 Å². The number of hydrazone groups is 1. The van der Waals surface area contributed by atoms with Gasteiger partial charge in [0.1, 0.15) is 17.3 Å². The maximum Gasteiger partial charge on any atom is 0.437 e. The zero-order valence-corrected chi connectivity index (χ0v) is 19.4. The van der Waals surface area contributed by atoms with Crippen molar-refractivity contribution in [2.75, 3.05) is 12.5 Å². The quantitative estimate of drug-likeness (QED) is 0.139. The van der Waals surface area contributed by atoms with E-state index in [2.05, 4.69) is 20.8 Å². The molecule has 0 saturated heterocycles. The molecular formula is C23H17N6O6S+. The fourth-order valence-corrected chi connectivity index (χ4v) is 3.96. The van der Waals surface area contributed by atoms with Gasteiger partial charge in [-0.2, -0.15) is 5.10 Å². The zero-order valence-electron chi connectivity index (χ0n) is 18.6. The average molecular weight is 505 g/mol. The molecule has 0 radical (unpaired) electrons. The molecule has 12 nitrogen and oxygen atoms in total. The van der Waals surface area contributed by atoms with Gasteiger partial charge in [-0.3, -0.25) is 20.1 Å². The Morgan fingerprint density at radius 1 is 1.17 bits per heavy atom. The number of benzene rings is 2. The summed E-state index contributed by atoms with van der Waals surface area (Å²) in [5.41, 5.74) is 4.25. The molecule has 0 aliphatic heterocycles. The highest BCUT2D eigenvalue weighted by molar-refractivity contribution is 7.14. The number of ether oxygens (including phenoxy) is 1. The highest BCUT2D eigenvalue weighted by Gasteiger charge is 2.27. The SMILES string of the molecule is COc1ccc(-[n+]2[nH]oc(=O)c2-c2csc(N/N=C/c3ccc(-c4ccc([N+](=O)[O-])cc4)o3)n2)cc1. The fourth-order valence-electron chi connectivity index (χ4n) is 3.31. The van der Waals surface area contributed by atoms with Crippen molar-refractivity contribution in [2.24, 2.45) is 5.10 Å². The summed E-state index contributed by atoms with van der Waals surface area (Å²) < 4.78 is 17.4. The molecule has 36 heavy (non-hydrogen) atoms. The van der Waals surface area contributed by atoms with Gasteiger partial charge in [0.25, 0.3) is 5.69 Å². The Balaban J connectivity index is 1.29. The molecule has 0 aliphatic carbocycles. The third-order valence-corrected chi connectivity index (χ3v) is 5.81. The summed E-state index contributed by atoms with van der Waals surface area (Å²) in [5.74, 6) is 1.70. The lowest BCUT2D eigenvalue weighted by Gasteiger charge is -1.97. The van der Waals surface area contributed by atoms with Crippen molar-refractivity contribution in [1.82, 2.24) is 10.3 Å². The van der Waals surface area contributed by atoms with Crippen LogP contribution in [0.2, 0.25) is 0 Å². The molecule has 0 saturated carbocycles. The van der Waals surface area contributed by atoms with Crippen LogP contribution >= 0.6 is 11.3 Å². The molecule has 13 heteroatoms. The minimum Gasteiger partial charge on any atom is -0.497 e. The zero-order chi connectivity index (χ0) is 25.1. The first-order valence-electron chi connectivity index (χ1n) is 10.4. The molecule has 2 aromatic carbocycles. The van der Waals surface area contributed by atoms with Crippen molar-refractivity contribution in [1.29, 1.82) is 0 Å². The summed E-state index contributed by atoms with van der Waals surface area (Å²) in [5, 5.41) is 19.7. The summed E-state index contributed by atoms with van der Waals surface area (Å²) in [4.78, 5) is 27.1. The van der Waals surface area contributed by atoms with Crippen LogP contribution in [-0.4, -0.2) is 28.5 Å². The number of anilines is 1. The van der Waals surface area contributed by atoms with Gasteiger partial charge in [0.2, 0.25) is 10.8 Å². The van der Waals surface area contributed by atoms with Crippen LogP contribution in [0.4, 0.5) is 10.8 Å². The van der Waals surface area contributed by atoms with Crippen LogP contribution in [0.25, 0.3) is 28.4 Å². The molecule has 3 aromatic heterocycles. The van der Waals surface area contributed by atoms with Gasteiger partial charge in [-0.1, -0.05) is 0 Å². The predicted octanol–water partition coefficient (Wildman–Crippen LogP) is 3.99. The van der Waals surface area contributed by atoms with Crippen LogP contribution in [-0.2, 0) is 0 Å². The molecule has 0 bridgehead atoms. The van der Waals surface area contributed by atoms with E-state index >= 15 is 0 Å². The van der Waals surface area contributed by atoms with Crippen molar-refractivity contribution in [3.05, 3.63) is 92.3 Å². The minimum atomic E-state index is -0.569. The van der Waals surface area contributed by atoms with Crippen molar-refractivity contribution in [3.63, 3.8) is 0 Å². The molecule has 0 unspecified atom stereocenters. The molecule has 5 aromatic rings. The number of nitrogens with zero attached hydrogens (tertiary/aromatic N) is 4. The largest absolute Gasteiger partial charge is 0.497 e. The van der Waals surface area contributed by atoms with E-state index < -0.39 is 10.5 Å². The number of aromatic nitrogens is 3. The van der Waals surface area contributed by atoms with Crippen LogP contribution in [0.3, 0.4) is 0 Å². The summed E-state index contributed by atoms with van der Waals surface area (Å²) >= 11 is 1.26. The van der Waals surface area contributed by atoms with Crippen LogP contribution in [0.15, 0.2) is 84.9 Å². The fraction of sp³-hybridized carbons (Fsp3) is 0.0435. The summed E-state index contributed by atoms with van der Waals surface area (Å²) in [6.07, 6.45) is 1.47. The van der Waals surface area contributed by atoms with Crippen molar-refractivity contribution in [2.45, 2.75) is 0 Å². The molecule has 180 valence electrons. The molecular weight excluding hydrogens is 488 g/mol. The first-order valence-corrected chi connectivity index (χ1v) is 11.3. The van der Waals surface area contributed by atoms with Crippen molar-refractivity contribution >= 4 is 28.4 Å². The molecule has 0 aliphatic rings. The highest BCUT2D eigenvalue weighted by Crippen LogP contribution is 2.25. The van der Waals surface area contributed by atoms with Gasteiger partial charge in [-0.05, 0) is 46.4 Å². The lowest BCUT2D eigenvalue weighted by atomic mass is 10.1. The number of nitro groups is 1. The second-order valence-corrected chi connectivity index (χ2v) is 8.13. The second-order valence-electron chi connectivity index (χ2n) is 7.28. The van der Waals surface area contributed by atoms with Gasteiger partial charge in [0.15, 0.2) is 5.69 Å². The third-order valence-electron chi connectivity index (χ3n) is 5.07. The Bertz CT molecular complexity index is 1600. The van der Waals surface area contributed by atoms with E-state index in [-0.39, 0.29) is 11.4 Å². The highest BCUT2D eigenvalue weighted by atomic mass is 32.1. The standard InChI is InChI=1S/C23H16N6O6S/c1-33-17-8-6-15(7-9-17)28-21(22(30)35-27-28)19-13-36-23(25-19)26-24-12-18-10-11-20(34-18)14-2-4-16(5-3-14)29(31)32/h2-13H,1H3,(H-,25,26,27,30)/p+1/b24-12+. The van der Waals surface area contributed by atoms with Crippen LogP contribution in [0.1, 0.15) is 5.76 Å². The first kappa shape index (κ1) is 22.7. The lowest BCUT2D eigenvalue weighted by Crippen LogP contribution is -2.36. The first-order chi connectivity index (χ1) is 17.5. The molecule has 3 heterocycles. The number of rotatable bonds is 8. The Morgan fingerprint density at radius 3 is 2.67 bits per heavy atom. The number of nitro benzene ring substituents is 1. The van der Waals surface area contributed by atoms with Crippen LogP contribution in [0.5, 0.6) is 5.75 Å². The Kier molecular flexibility index (Phi) is 6.11. The molecule has 0 fully saturated rings. The van der Waals surface area contributed by atoms with Crippen molar-refractivity contribution in [3.8, 4) is 34.1 Å². The molecule has 0 atom stereocenters. The summed E-state index contributed by atoms with van der Waals surface area (Å²) in [6, 6.07) is 16.6. The molecule has 2 N–H and O–H groups in total. The third kappa shape index (κ3) is 4.63. The smallest absolute Gasteiger partial charge is 0.437 e. The summed E-state index contributed by atoms with van der Waals surface area (Å²) in [6.45, 7) is 0. The number of hydrogen-bond acceptors (Lipinski definition) is 10. The van der Waals surface area contributed by atoms with Gasteiger partial charge >= 0.3 is 11.3 Å². The van der Waals surface area contributed by atoms with Gasteiger partial charge < -0.3 is 9.15 Å². The molecule has 5 rings (SSSR count). The Hall–Kier alpha value is -5.04. The lowest BCUT2D eigenvalue weighted by molar-refractivity contribution is -0.660. The summed E-state index contributed by atoms with van der Waals surface area (Å²) in [7, 11) is 1.57. The Morgan fingerprint density at radius 2 is 1.94 bits per heavy atom. The number of thiazole rings is 1. The van der Waals surface area contributed by atoms with E-state index in [1.165, 1.54) is 34.4 Å². The Labute approximate surface area is 206 Å². The monoisotopic (exact) mass is 505 g/mol. The number of methoxy groups -OCH3 is 1. The van der Waals surface area contributed by atoms with Gasteiger partial charge in [-0.15, -0.1) is 11.3 Å². The number of hydrogen-bond donors (Lipinski definition) is 2. The predicted molar refractivity (Wildman–Crippen MR) is 131 cm³/mol. The van der Waals surface area contributed by atoms with Crippen LogP contribution in [0, 0.1) is 10.1 Å². The number of nitrogens with one attached hydrogen (secondary N) is 2. The normalized spacial score (nSPS) is 11.1. The number of furan rings is 1. The minimum absolute atomic E-state index is 0.00559. The number of H-pyrrole nitrogens is 1. The van der Waals surface area contributed by atoms with E-state index in [9.17, 15) is 14.9 Å². The van der Waals surface area contributed by atoms with Gasteiger partial charge in [0, 0.05) is 35.2 Å². The topological polar surface area (TPSA) is 153 Å². The van der Waals surface area contributed by atoms with E-state index in [4.69, 9.17) is 13.7 Å². The molecule has 0 spiro atoms.